The molecule has 0 aromatic carbocycles. The topological polar surface area (TPSA) is 97.8 Å². The monoisotopic (exact) mass is 362 g/mol. The predicted octanol–water partition coefficient (Wildman–Crippen LogP) is 1.63. The number of carboxylic acid groups (broad SMARTS) is 1. The van der Waals surface area contributed by atoms with Crippen molar-refractivity contribution in [2.75, 3.05) is 26.4 Å². The van der Waals surface area contributed by atoms with Gasteiger partial charge in [-0.1, -0.05) is 0 Å². The molecule has 1 saturated heterocycles. The van der Waals surface area contributed by atoms with Crippen LogP contribution in [0.4, 0.5) is 13.2 Å². The van der Waals surface area contributed by atoms with Gasteiger partial charge in [-0.3, -0.25) is 9.59 Å². The molecule has 138 valence electrons. The first-order valence-corrected chi connectivity index (χ1v) is 7.47. The van der Waals surface area contributed by atoms with E-state index in [1.807, 2.05) is 0 Å². The fraction of sp³-hybridized carbons (Fsp3) is 0.533. The highest BCUT2D eigenvalue weighted by Gasteiger charge is 2.40. The van der Waals surface area contributed by atoms with Crippen molar-refractivity contribution >= 4 is 11.9 Å². The molecule has 7 nitrogen and oxygen atoms in total. The molecule has 1 fully saturated rings. The van der Waals surface area contributed by atoms with Crippen LogP contribution in [-0.4, -0.2) is 54.5 Å². The van der Waals surface area contributed by atoms with Crippen molar-refractivity contribution in [1.82, 2.24) is 10.3 Å². The summed E-state index contributed by atoms with van der Waals surface area (Å²) in [5.41, 5.74) is -1.36. The summed E-state index contributed by atoms with van der Waals surface area (Å²) in [6, 6.07) is 2.63. The third-order valence-corrected chi connectivity index (χ3v) is 3.88. The number of carboxylic acids is 1. The van der Waals surface area contributed by atoms with Crippen LogP contribution in [0.15, 0.2) is 18.3 Å². The van der Waals surface area contributed by atoms with Crippen molar-refractivity contribution in [3.63, 3.8) is 0 Å². The number of halogens is 3. The quantitative estimate of drug-likeness (QED) is 0.798. The maximum atomic E-state index is 12.3. The molecule has 0 unspecified atom stereocenters. The Balaban J connectivity index is 2.06. The van der Waals surface area contributed by atoms with Gasteiger partial charge in [-0.2, -0.15) is 13.2 Å². The number of aliphatic carboxylic acids is 1. The molecule has 2 N–H and O–H groups in total. The molecule has 1 aliphatic heterocycles. The van der Waals surface area contributed by atoms with Gasteiger partial charge in [-0.05, 0) is 25.0 Å². The molecule has 25 heavy (non-hydrogen) atoms. The summed E-state index contributed by atoms with van der Waals surface area (Å²) in [5.74, 6) is -2.28. The second-order valence-electron chi connectivity index (χ2n) is 5.64. The highest BCUT2D eigenvalue weighted by atomic mass is 19.4. The molecule has 1 amide bonds. The molecule has 0 spiro atoms. The summed E-state index contributed by atoms with van der Waals surface area (Å²) >= 11 is 0. The molecule has 0 saturated carbocycles. The van der Waals surface area contributed by atoms with E-state index in [9.17, 15) is 27.9 Å². The highest BCUT2D eigenvalue weighted by Crippen LogP contribution is 2.30. The molecule has 0 aliphatic carbocycles. The van der Waals surface area contributed by atoms with Gasteiger partial charge in [0.05, 0.1) is 5.41 Å². The number of carbonyl (C=O) groups excluding carboxylic acids is 1. The molecule has 1 aromatic heterocycles. The van der Waals surface area contributed by atoms with Gasteiger partial charge in [0.25, 0.3) is 5.91 Å². The lowest BCUT2D eigenvalue weighted by molar-refractivity contribution is -0.155. The van der Waals surface area contributed by atoms with Crippen LogP contribution in [-0.2, 0) is 9.53 Å². The van der Waals surface area contributed by atoms with E-state index in [0.29, 0.717) is 0 Å². The Bertz CT molecular complexity index is 630. The van der Waals surface area contributed by atoms with Crippen molar-refractivity contribution in [2.45, 2.75) is 19.0 Å². The average molecular weight is 362 g/mol. The zero-order valence-electron chi connectivity index (χ0n) is 13.1. The van der Waals surface area contributed by atoms with Gasteiger partial charge in [0, 0.05) is 26.0 Å². The van der Waals surface area contributed by atoms with Crippen LogP contribution >= 0.6 is 0 Å². The number of aromatic nitrogens is 1. The first-order chi connectivity index (χ1) is 11.7. The molecule has 0 radical (unpaired) electrons. The number of amides is 1. The lowest BCUT2D eigenvalue weighted by atomic mass is 9.80. The van der Waals surface area contributed by atoms with Crippen LogP contribution in [0.5, 0.6) is 5.88 Å². The minimum absolute atomic E-state index is 0.169. The molecular weight excluding hydrogens is 345 g/mol. The van der Waals surface area contributed by atoms with E-state index in [-0.39, 0.29) is 38.2 Å². The van der Waals surface area contributed by atoms with E-state index in [1.54, 1.807) is 0 Å². The number of hydrogen-bond donors (Lipinski definition) is 2. The molecule has 2 rings (SSSR count). The van der Waals surface area contributed by atoms with Crippen LogP contribution in [0.3, 0.4) is 0 Å². The van der Waals surface area contributed by atoms with Gasteiger partial charge in [0.2, 0.25) is 5.88 Å². The summed E-state index contributed by atoms with van der Waals surface area (Å²) in [5, 5.41) is 11.9. The van der Waals surface area contributed by atoms with E-state index in [2.05, 4.69) is 15.0 Å². The van der Waals surface area contributed by atoms with Crippen LogP contribution in [0.2, 0.25) is 0 Å². The summed E-state index contributed by atoms with van der Waals surface area (Å²) in [7, 11) is 0. The van der Waals surface area contributed by atoms with Gasteiger partial charge < -0.3 is 19.9 Å². The van der Waals surface area contributed by atoms with Gasteiger partial charge >= 0.3 is 12.1 Å². The maximum Gasteiger partial charge on any atom is 0.422 e. The van der Waals surface area contributed by atoms with E-state index in [1.165, 1.54) is 18.3 Å². The number of rotatable bonds is 6. The van der Waals surface area contributed by atoms with Crippen molar-refractivity contribution in [3.8, 4) is 5.88 Å². The SMILES string of the molecule is O=C(NCC1(C(=O)O)CCOCC1)c1cccnc1OCC(F)(F)F. The standard InChI is InChI=1S/C15H17F3N2O5/c16-15(17,18)9-25-12-10(2-1-5-19-12)11(21)20-8-14(13(22)23)3-6-24-7-4-14/h1-2,5H,3-4,6-9H2,(H,20,21)(H,22,23). The molecule has 1 aliphatic rings. The average Bonchev–Trinajstić information content (AvgIpc) is 2.58. The molecule has 2 heterocycles. The lowest BCUT2D eigenvalue weighted by Crippen LogP contribution is -2.46. The van der Waals surface area contributed by atoms with E-state index in [0.717, 1.165) is 0 Å². The first kappa shape index (κ1) is 19.0. The summed E-state index contributed by atoms with van der Waals surface area (Å²) in [4.78, 5) is 27.4. The second-order valence-corrected chi connectivity index (χ2v) is 5.64. The zero-order valence-corrected chi connectivity index (χ0v) is 13.1. The number of carbonyl (C=O) groups is 2. The molecule has 10 heteroatoms. The van der Waals surface area contributed by atoms with Crippen molar-refractivity contribution in [3.05, 3.63) is 23.9 Å². The zero-order chi connectivity index (χ0) is 18.5. The Labute approximate surface area is 141 Å². The van der Waals surface area contributed by atoms with Gasteiger partial charge in [0.1, 0.15) is 5.56 Å². The number of pyridine rings is 1. The summed E-state index contributed by atoms with van der Waals surface area (Å²) in [6.45, 7) is -1.23. The smallest absolute Gasteiger partial charge is 0.422 e. The summed E-state index contributed by atoms with van der Waals surface area (Å²) in [6.07, 6.45) is -2.92. The largest absolute Gasteiger partial charge is 0.481 e. The van der Waals surface area contributed by atoms with Gasteiger partial charge in [0.15, 0.2) is 6.61 Å². The van der Waals surface area contributed by atoms with E-state index in [4.69, 9.17) is 4.74 Å². The Kier molecular flexibility index (Phi) is 5.83. The van der Waals surface area contributed by atoms with Crippen LogP contribution in [0.25, 0.3) is 0 Å². The number of alkyl halides is 3. The van der Waals surface area contributed by atoms with Gasteiger partial charge in [-0.15, -0.1) is 0 Å². The van der Waals surface area contributed by atoms with Crippen LogP contribution in [0, 0.1) is 5.41 Å². The molecule has 0 bridgehead atoms. The third-order valence-electron chi connectivity index (χ3n) is 3.88. The second kappa shape index (κ2) is 7.68. The number of ether oxygens (including phenoxy) is 2. The number of hydrogen-bond acceptors (Lipinski definition) is 5. The minimum Gasteiger partial charge on any atom is -0.481 e. The summed E-state index contributed by atoms with van der Waals surface area (Å²) < 4.78 is 46.5. The third kappa shape index (κ3) is 5.05. The Hall–Kier alpha value is -2.36. The maximum absolute atomic E-state index is 12.3. The Morgan fingerprint density at radius 2 is 2.04 bits per heavy atom. The van der Waals surface area contributed by atoms with E-state index < -0.39 is 36.0 Å². The molecule has 1 aromatic rings. The Morgan fingerprint density at radius 3 is 2.64 bits per heavy atom. The van der Waals surface area contributed by atoms with E-state index >= 15 is 0 Å². The van der Waals surface area contributed by atoms with Gasteiger partial charge in [-0.25, -0.2) is 4.98 Å². The van der Waals surface area contributed by atoms with Crippen LogP contribution in [0.1, 0.15) is 23.2 Å². The lowest BCUT2D eigenvalue weighted by Gasteiger charge is -2.33. The van der Waals surface area contributed by atoms with Crippen molar-refractivity contribution in [1.29, 1.82) is 0 Å². The fourth-order valence-electron chi connectivity index (χ4n) is 2.40. The van der Waals surface area contributed by atoms with Crippen molar-refractivity contribution in [2.24, 2.45) is 5.41 Å². The number of nitrogens with zero attached hydrogens (tertiary/aromatic N) is 1. The van der Waals surface area contributed by atoms with Crippen LogP contribution < -0.4 is 10.1 Å². The molecule has 0 atom stereocenters. The number of nitrogens with one attached hydrogen (secondary N) is 1. The Morgan fingerprint density at radius 1 is 1.36 bits per heavy atom. The predicted molar refractivity (Wildman–Crippen MR) is 78.2 cm³/mol. The normalized spacial score (nSPS) is 16.9. The first-order valence-electron chi connectivity index (χ1n) is 7.47. The molecular formula is C15H17F3N2O5. The van der Waals surface area contributed by atoms with Crippen molar-refractivity contribution < 1.29 is 37.3 Å². The minimum atomic E-state index is -4.57. The fourth-order valence-corrected chi connectivity index (χ4v) is 2.40. The highest BCUT2D eigenvalue weighted by molar-refractivity contribution is 5.96.